The van der Waals surface area contributed by atoms with Gasteiger partial charge in [0.1, 0.15) is 12.4 Å². The molecule has 0 aliphatic carbocycles. The molecule has 1 fully saturated rings. The van der Waals surface area contributed by atoms with E-state index in [9.17, 15) is 13.2 Å². The molecule has 1 aromatic heterocycles. The number of carbonyl (C=O) groups is 1. The van der Waals surface area contributed by atoms with Crippen molar-refractivity contribution in [3.63, 3.8) is 0 Å². The van der Waals surface area contributed by atoms with Gasteiger partial charge in [-0.3, -0.25) is 0 Å². The third-order valence-corrected chi connectivity index (χ3v) is 7.94. The topological polar surface area (TPSA) is 90.7 Å². The van der Waals surface area contributed by atoms with Crippen LogP contribution in [0.5, 0.6) is 0 Å². The lowest BCUT2D eigenvalue weighted by atomic mass is 10.2. The van der Waals surface area contributed by atoms with Gasteiger partial charge in [-0.15, -0.1) is 0 Å². The molecule has 2 aromatic carbocycles. The summed E-state index contributed by atoms with van der Waals surface area (Å²) in [6.45, 7) is 3.77. The van der Waals surface area contributed by atoms with E-state index >= 15 is 0 Å². The number of nitrogens with zero attached hydrogens (tertiary/aromatic N) is 3. The van der Waals surface area contributed by atoms with E-state index < -0.39 is 16.0 Å². The van der Waals surface area contributed by atoms with Crippen LogP contribution in [0.15, 0.2) is 41.3 Å². The summed E-state index contributed by atoms with van der Waals surface area (Å²) < 4.78 is 39.9. The summed E-state index contributed by atoms with van der Waals surface area (Å²) in [7, 11) is -3.64. The number of sulfonamides is 1. The van der Waals surface area contributed by atoms with Crippen molar-refractivity contribution in [2.24, 2.45) is 0 Å². The fourth-order valence-corrected chi connectivity index (χ4v) is 5.39. The summed E-state index contributed by atoms with van der Waals surface area (Å²) in [6.07, 6.45) is 0. The van der Waals surface area contributed by atoms with Crippen LogP contribution in [-0.4, -0.2) is 54.5 Å². The third kappa shape index (κ3) is 4.35. The minimum Gasteiger partial charge on any atom is -0.454 e. The number of morpholine rings is 1. The summed E-state index contributed by atoms with van der Waals surface area (Å²) in [5, 5.41) is 0.386. The number of rotatable bonds is 6. The zero-order valence-corrected chi connectivity index (χ0v) is 19.6. The average Bonchev–Trinajstić information content (AvgIpc) is 3.16. The van der Waals surface area contributed by atoms with Gasteiger partial charge in [0.05, 0.1) is 44.8 Å². The Balaban J connectivity index is 1.60. The number of hydrogen-bond donors (Lipinski definition) is 0. The van der Waals surface area contributed by atoms with Gasteiger partial charge in [-0.2, -0.15) is 4.31 Å². The molecule has 0 unspecified atom stereocenters. The molecule has 3 aromatic rings. The van der Waals surface area contributed by atoms with Crippen LogP contribution in [-0.2, 0) is 32.6 Å². The number of esters is 1. The van der Waals surface area contributed by atoms with E-state index in [-0.39, 0.29) is 27.1 Å². The van der Waals surface area contributed by atoms with Crippen LogP contribution in [0, 0.1) is 0 Å². The Hall–Kier alpha value is -2.17. The zero-order chi connectivity index (χ0) is 22.9. The lowest BCUT2D eigenvalue weighted by Gasteiger charge is -2.26. The van der Waals surface area contributed by atoms with Gasteiger partial charge < -0.3 is 14.0 Å². The molecule has 4 rings (SSSR count). The van der Waals surface area contributed by atoms with Gasteiger partial charge in [0.25, 0.3) is 0 Å². The molecule has 2 heterocycles. The number of ether oxygens (including phenoxy) is 2. The van der Waals surface area contributed by atoms with Crippen LogP contribution in [0.2, 0.25) is 10.0 Å². The lowest BCUT2D eigenvalue weighted by Crippen LogP contribution is -2.40. The fraction of sp³-hybridized carbons (Fsp3) is 0.333. The molecule has 0 amide bonds. The average molecular weight is 498 g/mol. The van der Waals surface area contributed by atoms with Crippen molar-refractivity contribution in [1.82, 2.24) is 13.9 Å². The quantitative estimate of drug-likeness (QED) is 0.481. The number of benzene rings is 2. The SMILES string of the molecule is CCn1c(COC(=O)c2cccc(Cl)c2Cl)nc2cc(S(=O)(=O)N3CCOCC3)ccc21. The first-order chi connectivity index (χ1) is 15.3. The van der Waals surface area contributed by atoms with Gasteiger partial charge in [-0.25, -0.2) is 18.2 Å². The summed E-state index contributed by atoms with van der Waals surface area (Å²) in [6, 6.07) is 9.57. The first-order valence-corrected chi connectivity index (χ1v) is 12.2. The van der Waals surface area contributed by atoms with Crippen LogP contribution >= 0.6 is 23.2 Å². The monoisotopic (exact) mass is 497 g/mol. The largest absolute Gasteiger partial charge is 0.454 e. The van der Waals surface area contributed by atoms with Gasteiger partial charge in [0.15, 0.2) is 0 Å². The minimum atomic E-state index is -3.64. The normalized spacial score (nSPS) is 15.2. The van der Waals surface area contributed by atoms with Gasteiger partial charge in [-0.1, -0.05) is 29.3 Å². The third-order valence-electron chi connectivity index (χ3n) is 5.23. The Morgan fingerprint density at radius 3 is 2.66 bits per heavy atom. The van der Waals surface area contributed by atoms with Gasteiger partial charge in [0.2, 0.25) is 10.0 Å². The van der Waals surface area contributed by atoms with Crippen LogP contribution < -0.4 is 0 Å². The van der Waals surface area contributed by atoms with Crippen molar-refractivity contribution in [3.05, 3.63) is 57.8 Å². The van der Waals surface area contributed by atoms with Crippen LogP contribution in [0.1, 0.15) is 23.1 Å². The Morgan fingerprint density at radius 2 is 1.94 bits per heavy atom. The molecule has 1 aliphatic heterocycles. The predicted octanol–water partition coefficient (Wildman–Crippen LogP) is 3.74. The minimum absolute atomic E-state index is 0.101. The second-order valence-electron chi connectivity index (χ2n) is 7.12. The maximum atomic E-state index is 13.0. The molecule has 0 radical (unpaired) electrons. The standard InChI is InChI=1S/C21H21Cl2N3O5S/c1-2-26-18-7-6-14(32(28,29)25-8-10-30-11-9-25)12-17(18)24-19(26)13-31-21(27)15-4-3-5-16(22)20(15)23/h3-7,12H,2,8-11,13H2,1H3. The highest BCUT2D eigenvalue weighted by Crippen LogP contribution is 2.27. The fourth-order valence-electron chi connectivity index (χ4n) is 3.59. The Kier molecular flexibility index (Phi) is 6.73. The summed E-state index contributed by atoms with van der Waals surface area (Å²) >= 11 is 12.1. The van der Waals surface area contributed by atoms with Crippen molar-refractivity contribution < 1.29 is 22.7 Å². The smallest absolute Gasteiger partial charge is 0.340 e. The highest BCUT2D eigenvalue weighted by Gasteiger charge is 2.27. The van der Waals surface area contributed by atoms with Gasteiger partial charge in [-0.05, 0) is 37.3 Å². The highest BCUT2D eigenvalue weighted by atomic mass is 35.5. The Morgan fingerprint density at radius 1 is 1.19 bits per heavy atom. The molecule has 0 saturated carbocycles. The number of carbonyl (C=O) groups excluding carboxylic acids is 1. The molecular formula is C21H21Cl2N3O5S. The lowest BCUT2D eigenvalue weighted by molar-refractivity contribution is 0.0459. The second kappa shape index (κ2) is 9.36. The molecule has 1 saturated heterocycles. The van der Waals surface area contributed by atoms with Crippen LogP contribution in [0.25, 0.3) is 11.0 Å². The molecule has 8 nitrogen and oxygen atoms in total. The van der Waals surface area contributed by atoms with Gasteiger partial charge in [0, 0.05) is 19.6 Å². The maximum absolute atomic E-state index is 13.0. The number of fused-ring (bicyclic) bond motifs is 1. The molecule has 0 bridgehead atoms. The number of halogens is 2. The van der Waals surface area contributed by atoms with Crippen LogP contribution in [0.3, 0.4) is 0 Å². The van der Waals surface area contributed by atoms with E-state index in [1.165, 1.54) is 10.4 Å². The first kappa shape index (κ1) is 23.0. The molecule has 1 aliphatic rings. The van der Waals surface area contributed by atoms with Crippen molar-refractivity contribution in [3.8, 4) is 0 Å². The molecule has 0 spiro atoms. The van der Waals surface area contributed by atoms with Crippen molar-refractivity contribution in [2.75, 3.05) is 26.3 Å². The number of aromatic nitrogens is 2. The van der Waals surface area contributed by atoms with E-state index in [1.807, 2.05) is 11.5 Å². The number of imidazole rings is 1. The highest BCUT2D eigenvalue weighted by molar-refractivity contribution is 7.89. The van der Waals surface area contributed by atoms with E-state index in [0.717, 1.165) is 5.52 Å². The molecule has 11 heteroatoms. The number of hydrogen-bond acceptors (Lipinski definition) is 6. The molecule has 170 valence electrons. The summed E-state index contributed by atoms with van der Waals surface area (Å²) in [5.74, 6) is -0.127. The van der Waals surface area contributed by atoms with Crippen molar-refractivity contribution >= 4 is 50.2 Å². The van der Waals surface area contributed by atoms with Crippen LogP contribution in [0.4, 0.5) is 0 Å². The summed E-state index contributed by atoms with van der Waals surface area (Å²) in [4.78, 5) is 17.2. The van der Waals surface area contributed by atoms with E-state index in [0.29, 0.717) is 44.2 Å². The second-order valence-corrected chi connectivity index (χ2v) is 9.84. The van der Waals surface area contributed by atoms with Gasteiger partial charge >= 0.3 is 5.97 Å². The van der Waals surface area contributed by atoms with Crippen molar-refractivity contribution in [2.45, 2.75) is 25.0 Å². The zero-order valence-electron chi connectivity index (χ0n) is 17.3. The number of aryl methyl sites for hydroxylation is 1. The Bertz CT molecular complexity index is 1270. The predicted molar refractivity (Wildman–Crippen MR) is 121 cm³/mol. The van der Waals surface area contributed by atoms with Crippen molar-refractivity contribution in [1.29, 1.82) is 0 Å². The molecule has 32 heavy (non-hydrogen) atoms. The molecule has 0 N–H and O–H groups in total. The van der Waals surface area contributed by atoms with E-state index in [1.54, 1.807) is 30.3 Å². The molecule has 0 atom stereocenters. The molecular weight excluding hydrogens is 477 g/mol. The van der Waals surface area contributed by atoms with E-state index in [4.69, 9.17) is 32.7 Å². The maximum Gasteiger partial charge on any atom is 0.340 e. The Labute approximate surface area is 195 Å². The van der Waals surface area contributed by atoms with E-state index in [2.05, 4.69) is 4.98 Å². The summed E-state index contributed by atoms with van der Waals surface area (Å²) in [5.41, 5.74) is 1.42. The first-order valence-electron chi connectivity index (χ1n) is 10.0.